The highest BCUT2D eigenvalue weighted by molar-refractivity contribution is 5.75. The van der Waals surface area contributed by atoms with E-state index < -0.39 is 0 Å². The zero-order valence-corrected chi connectivity index (χ0v) is 10.7. The number of nitrogens with zero attached hydrogens (tertiary/aromatic N) is 4. The molecule has 1 N–H and O–H groups in total. The normalized spacial score (nSPS) is 24.7. The van der Waals surface area contributed by atoms with Gasteiger partial charge in [0, 0.05) is 30.1 Å². The smallest absolute Gasteiger partial charge is 0.317 e. The minimum absolute atomic E-state index is 0.0255. The number of azide groups is 1. The van der Waals surface area contributed by atoms with Crippen LogP contribution in [0.5, 0.6) is 0 Å². The Balaban J connectivity index is 1.84. The second-order valence-electron chi connectivity index (χ2n) is 5.19. The largest absolute Gasteiger partial charge is 0.335 e. The Kier molecular flexibility index (Phi) is 4.70. The first-order chi connectivity index (χ1) is 8.81. The van der Waals surface area contributed by atoms with E-state index in [1.54, 1.807) is 0 Å². The number of hydrogen-bond acceptors (Lipinski definition) is 2. The number of hydrogen-bond donors (Lipinski definition) is 1. The van der Waals surface area contributed by atoms with Crippen molar-refractivity contribution in [1.29, 1.82) is 0 Å². The molecule has 0 radical (unpaired) electrons. The number of likely N-dealkylation sites (tertiary alicyclic amines) is 1. The van der Waals surface area contributed by atoms with Gasteiger partial charge in [-0.2, -0.15) is 0 Å². The molecule has 1 aliphatic heterocycles. The van der Waals surface area contributed by atoms with Crippen molar-refractivity contribution in [2.24, 2.45) is 5.11 Å². The summed E-state index contributed by atoms with van der Waals surface area (Å²) in [7, 11) is 0. The SMILES string of the molecule is [N-]=[N+]=NCC1CCCN1C(=O)NC1CCCCC1. The lowest BCUT2D eigenvalue weighted by molar-refractivity contribution is 0.186. The van der Waals surface area contributed by atoms with Crippen LogP contribution in [0.1, 0.15) is 44.9 Å². The highest BCUT2D eigenvalue weighted by atomic mass is 16.2. The van der Waals surface area contributed by atoms with E-state index in [4.69, 9.17) is 5.53 Å². The molecule has 1 unspecified atom stereocenters. The van der Waals surface area contributed by atoms with Gasteiger partial charge in [-0.1, -0.05) is 24.4 Å². The molecule has 0 spiro atoms. The molecule has 2 rings (SSSR count). The Morgan fingerprint density at radius 1 is 1.28 bits per heavy atom. The van der Waals surface area contributed by atoms with Crippen LogP contribution in [0.15, 0.2) is 5.11 Å². The first-order valence-electron chi connectivity index (χ1n) is 6.89. The molecule has 100 valence electrons. The van der Waals surface area contributed by atoms with Crippen LogP contribution in [0.3, 0.4) is 0 Å². The van der Waals surface area contributed by atoms with Gasteiger partial charge in [-0.3, -0.25) is 0 Å². The lowest BCUT2D eigenvalue weighted by Crippen LogP contribution is -2.48. The minimum atomic E-state index is 0.0255. The quantitative estimate of drug-likeness (QED) is 0.467. The van der Waals surface area contributed by atoms with Crippen molar-refractivity contribution in [1.82, 2.24) is 10.2 Å². The van der Waals surface area contributed by atoms with Crippen molar-refractivity contribution in [3.63, 3.8) is 0 Å². The molecule has 2 aliphatic rings. The molecule has 6 nitrogen and oxygen atoms in total. The van der Waals surface area contributed by atoms with Gasteiger partial charge in [0.1, 0.15) is 0 Å². The highest BCUT2D eigenvalue weighted by Gasteiger charge is 2.29. The summed E-state index contributed by atoms with van der Waals surface area (Å²) in [6, 6.07) is 0.453. The first-order valence-corrected chi connectivity index (χ1v) is 6.89. The van der Waals surface area contributed by atoms with Gasteiger partial charge in [-0.25, -0.2) is 4.79 Å². The summed E-state index contributed by atoms with van der Waals surface area (Å²) in [6.45, 7) is 1.18. The van der Waals surface area contributed by atoms with Crippen molar-refractivity contribution < 1.29 is 4.79 Å². The summed E-state index contributed by atoms with van der Waals surface area (Å²) in [6.07, 6.45) is 7.86. The second kappa shape index (κ2) is 6.50. The van der Waals surface area contributed by atoms with Crippen LogP contribution in [-0.2, 0) is 0 Å². The van der Waals surface area contributed by atoms with Gasteiger partial charge in [-0.15, -0.1) is 0 Å². The van der Waals surface area contributed by atoms with Crippen LogP contribution >= 0.6 is 0 Å². The second-order valence-corrected chi connectivity index (χ2v) is 5.19. The molecule has 2 fully saturated rings. The van der Waals surface area contributed by atoms with Gasteiger partial charge in [-0.05, 0) is 31.2 Å². The van der Waals surface area contributed by atoms with E-state index in [1.807, 2.05) is 4.90 Å². The van der Waals surface area contributed by atoms with E-state index in [0.29, 0.717) is 12.6 Å². The third-order valence-corrected chi connectivity index (χ3v) is 3.93. The Morgan fingerprint density at radius 3 is 2.78 bits per heavy atom. The summed E-state index contributed by atoms with van der Waals surface area (Å²) in [5, 5.41) is 6.71. The van der Waals surface area contributed by atoms with Crippen LogP contribution < -0.4 is 5.32 Å². The molecule has 1 aliphatic carbocycles. The molecule has 1 atom stereocenters. The zero-order valence-electron chi connectivity index (χ0n) is 10.7. The predicted octanol–water partition coefficient (Wildman–Crippen LogP) is 2.80. The molecule has 0 aromatic rings. The van der Waals surface area contributed by atoms with Crippen LogP contribution in [0.4, 0.5) is 4.79 Å². The summed E-state index contributed by atoms with van der Waals surface area (Å²) in [5.74, 6) is 0. The summed E-state index contributed by atoms with van der Waals surface area (Å²) in [5.41, 5.74) is 8.35. The Morgan fingerprint density at radius 2 is 2.06 bits per heavy atom. The standard InChI is InChI=1S/C12H21N5O/c13-16-14-9-11-7-4-8-17(11)12(18)15-10-5-2-1-3-6-10/h10-11H,1-9H2,(H,15,18). The lowest BCUT2D eigenvalue weighted by Gasteiger charge is -2.28. The molecule has 0 aromatic heterocycles. The van der Waals surface area contributed by atoms with Crippen LogP contribution in [0.25, 0.3) is 10.4 Å². The Hall–Kier alpha value is -1.42. The molecular formula is C12H21N5O. The first kappa shape index (κ1) is 13.0. The molecule has 6 heteroatoms. The molecule has 2 amide bonds. The monoisotopic (exact) mass is 251 g/mol. The van der Waals surface area contributed by atoms with Gasteiger partial charge in [0.2, 0.25) is 0 Å². The summed E-state index contributed by atoms with van der Waals surface area (Å²) in [4.78, 5) is 16.8. The van der Waals surface area contributed by atoms with Crippen molar-refractivity contribution in [3.05, 3.63) is 10.4 Å². The maximum atomic E-state index is 12.2. The van der Waals surface area contributed by atoms with E-state index in [2.05, 4.69) is 15.3 Å². The Bertz CT molecular complexity index is 333. The maximum absolute atomic E-state index is 12.2. The average molecular weight is 251 g/mol. The fourth-order valence-electron chi connectivity index (χ4n) is 2.93. The molecule has 0 bridgehead atoms. The molecule has 1 saturated heterocycles. The molecular weight excluding hydrogens is 230 g/mol. The van der Waals surface area contributed by atoms with Crippen molar-refractivity contribution in [3.8, 4) is 0 Å². The number of nitrogens with one attached hydrogen (secondary N) is 1. The van der Waals surface area contributed by atoms with E-state index in [1.165, 1.54) is 19.3 Å². The average Bonchev–Trinajstić information content (AvgIpc) is 2.86. The van der Waals surface area contributed by atoms with E-state index >= 15 is 0 Å². The Labute approximate surface area is 107 Å². The third kappa shape index (κ3) is 3.29. The zero-order chi connectivity index (χ0) is 12.8. The van der Waals surface area contributed by atoms with Gasteiger partial charge < -0.3 is 10.2 Å². The van der Waals surface area contributed by atoms with Crippen LogP contribution in [0, 0.1) is 0 Å². The fourth-order valence-corrected chi connectivity index (χ4v) is 2.93. The molecule has 1 heterocycles. The van der Waals surface area contributed by atoms with E-state index in [-0.39, 0.29) is 12.1 Å². The van der Waals surface area contributed by atoms with E-state index in [0.717, 1.165) is 32.2 Å². The van der Waals surface area contributed by atoms with Gasteiger partial charge in [0.15, 0.2) is 0 Å². The fraction of sp³-hybridized carbons (Fsp3) is 0.917. The number of urea groups is 1. The van der Waals surface area contributed by atoms with Crippen molar-refractivity contribution in [2.45, 2.75) is 57.0 Å². The number of rotatable bonds is 3. The van der Waals surface area contributed by atoms with E-state index in [9.17, 15) is 4.79 Å². The maximum Gasteiger partial charge on any atom is 0.317 e. The molecule has 18 heavy (non-hydrogen) atoms. The third-order valence-electron chi connectivity index (χ3n) is 3.93. The number of amides is 2. The van der Waals surface area contributed by atoms with Crippen LogP contribution in [0.2, 0.25) is 0 Å². The minimum Gasteiger partial charge on any atom is -0.335 e. The predicted molar refractivity (Wildman–Crippen MR) is 69.1 cm³/mol. The number of carbonyl (C=O) groups is 1. The van der Waals surface area contributed by atoms with Crippen molar-refractivity contribution >= 4 is 6.03 Å². The van der Waals surface area contributed by atoms with Gasteiger partial charge in [0.05, 0.1) is 0 Å². The van der Waals surface area contributed by atoms with Crippen LogP contribution in [-0.4, -0.2) is 36.1 Å². The summed E-state index contributed by atoms with van der Waals surface area (Å²) < 4.78 is 0. The highest BCUT2D eigenvalue weighted by Crippen LogP contribution is 2.20. The van der Waals surface area contributed by atoms with Gasteiger partial charge in [0.25, 0.3) is 0 Å². The summed E-state index contributed by atoms with van der Waals surface area (Å²) >= 11 is 0. The lowest BCUT2D eigenvalue weighted by atomic mass is 9.96. The van der Waals surface area contributed by atoms with Gasteiger partial charge >= 0.3 is 6.03 Å². The number of carbonyl (C=O) groups excluding carboxylic acids is 1. The topological polar surface area (TPSA) is 81.1 Å². The molecule has 0 aromatic carbocycles. The van der Waals surface area contributed by atoms with Crippen molar-refractivity contribution in [2.75, 3.05) is 13.1 Å². The molecule has 1 saturated carbocycles.